The van der Waals surface area contributed by atoms with E-state index in [9.17, 15) is 52.7 Å². The Labute approximate surface area is 520 Å². The number of nitrogens with one attached hydrogen (secondary N) is 11. The lowest BCUT2D eigenvalue weighted by Crippen LogP contribution is -2.70. The molecule has 1 heterocycles. The fourth-order valence-electron chi connectivity index (χ4n) is 10.5. The number of carbonyl (C=O) groups is 11. The molecule has 0 unspecified atom stereocenters. The molecule has 492 valence electrons. The van der Waals surface area contributed by atoms with Crippen molar-refractivity contribution in [3.05, 3.63) is 29.8 Å². The molecule has 11 N–H and O–H groups in total. The van der Waals surface area contributed by atoms with Crippen molar-refractivity contribution in [2.75, 3.05) is 7.11 Å². The Balaban J connectivity index is 1.30. The highest BCUT2D eigenvalue weighted by Gasteiger charge is 2.68. The largest absolute Gasteiger partial charge is 0.494 e. The number of ether oxygens (including phenoxy) is 1. The summed E-state index contributed by atoms with van der Waals surface area (Å²) in [7, 11) is 0.605. The third-order valence-corrected chi connectivity index (χ3v) is 17.6. The lowest BCUT2D eigenvalue weighted by Gasteiger charge is -2.64. The summed E-state index contributed by atoms with van der Waals surface area (Å²) in [5.74, 6) is -7.30. The summed E-state index contributed by atoms with van der Waals surface area (Å²) in [5, 5.41) is 29.6. The summed E-state index contributed by atoms with van der Waals surface area (Å²) in [5.41, 5.74) is -16.0. The zero-order chi connectivity index (χ0) is 68.2. The molecule has 2 bridgehead atoms. The van der Waals surface area contributed by atoms with E-state index in [2.05, 4.69) is 79.3 Å². The first-order chi connectivity index (χ1) is 39.4. The Morgan fingerprint density at radius 3 is 0.989 bits per heavy atom. The fourth-order valence-corrected chi connectivity index (χ4v) is 10.5. The van der Waals surface area contributed by atoms with Gasteiger partial charge in [0.1, 0.15) is 55.4 Å². The van der Waals surface area contributed by atoms with E-state index in [0.717, 1.165) is 23.9 Å². The minimum absolute atomic E-state index is 0.00983. The molecule has 0 aromatic heterocycles. The Kier molecular flexibility index (Phi) is 20.6. The third-order valence-electron chi connectivity index (χ3n) is 17.6. The number of amides is 10. The molecule has 1 saturated heterocycles. The van der Waals surface area contributed by atoms with Crippen LogP contribution < -0.4 is 63.9 Å². The molecule has 1 aromatic rings. The van der Waals surface area contributed by atoms with Crippen molar-refractivity contribution < 1.29 is 66.8 Å². The number of methoxy groups -OCH3 is 1. The van der Waals surface area contributed by atoms with Gasteiger partial charge in [0.05, 0.1) is 24.4 Å². The van der Waals surface area contributed by atoms with E-state index in [1.807, 2.05) is 24.3 Å². The van der Waals surface area contributed by atoms with Gasteiger partial charge in [0.25, 0.3) is 0 Å². The highest BCUT2D eigenvalue weighted by Crippen LogP contribution is 2.65. The van der Waals surface area contributed by atoms with Gasteiger partial charge in [-0.25, -0.2) is 4.79 Å². The molecule has 3 saturated carbocycles. The molecule has 5 rings (SSSR count). The maximum Gasteiger partial charge on any atom is 0.494 e. The van der Waals surface area contributed by atoms with E-state index in [1.165, 1.54) is 146 Å². The summed E-state index contributed by atoms with van der Waals surface area (Å²) in [6.07, 6.45) is 2.06. The molecule has 26 heteroatoms. The van der Waals surface area contributed by atoms with Gasteiger partial charge in [-0.15, -0.1) is 0 Å². The number of benzene rings is 1. The second-order valence-electron chi connectivity index (χ2n) is 30.8. The van der Waals surface area contributed by atoms with Gasteiger partial charge in [-0.2, -0.15) is 0 Å². The topological polar surface area (TPSA) is 348 Å². The molecular formula is C62H102BN11O14. The lowest BCUT2D eigenvalue weighted by atomic mass is 9.43. The monoisotopic (exact) mass is 1240 g/mol. The molecule has 10 amide bonds. The predicted molar refractivity (Wildman–Crippen MR) is 331 cm³/mol. The normalized spacial score (nSPS) is 20.4. The quantitative estimate of drug-likeness (QED) is 0.0377. The SMILES string of the molecule is COC(=O)[C@@](C)([13CH3])NC(=O)C(C)(C)NC(=O)C(C)(C)NC(=O)C(C)(C)NC(=O)C(C)(C)NC(=O)C(C)(C)NC(=O)C(C)(C)NC(=O)C(C)(C)NC(=O)C(C)(C)NC(=O)C(C)(C)NC(=O)C(C)(C)NCc1ccccc1B1O[C@H]2C[C@H]3C[C@H](C3(C)C)[C@@]2(C)O1. The van der Waals surface area contributed by atoms with E-state index in [-0.39, 0.29) is 18.1 Å². The molecule has 0 spiro atoms. The molecule has 4 aliphatic rings. The Morgan fingerprint density at radius 1 is 0.432 bits per heavy atom. The number of rotatable bonds is 25. The molecular weight excluding hydrogens is 1130 g/mol. The highest BCUT2D eigenvalue weighted by molar-refractivity contribution is 6.62. The molecule has 3 aliphatic carbocycles. The maximum atomic E-state index is 13.9. The standard InChI is InChI=1S/C62H102BN11O14/c1-50(2)35-31-37(50)62(25)38(32-35)87-63(88-62)36-30-28-27-29-34(36)33-64-51(3,4)39(75)65-52(5,6)40(76)66-53(7,8)41(77)67-54(9,10)42(78)68-55(11,12)43(79)69-56(13,14)44(80)70-57(15,16)45(81)71-58(17,18)46(82)72-59(19,20)47(83)73-60(21,22)48(84)74-61(23,24)49(85)86-26/h27-30,35,37-38,64H,31-33H2,1-26H3,(H,65,75)(H,66,76)(H,67,77)(H,68,78)(H,69,79)(H,70,80)(H,71,81)(H,72,82)(H,73,83)(H,74,84)/t35-,37-,38+,62-/m1/s1/i23+1/t35-,37-,38+,61+,62-. The van der Waals surface area contributed by atoms with Crippen LogP contribution in [0.5, 0.6) is 0 Å². The third kappa shape index (κ3) is 16.2. The van der Waals surface area contributed by atoms with Gasteiger partial charge in [0.15, 0.2) is 0 Å². The zero-order valence-electron chi connectivity index (χ0n) is 57.0. The van der Waals surface area contributed by atoms with Crippen molar-refractivity contribution in [1.29, 1.82) is 0 Å². The Morgan fingerprint density at radius 2 is 0.705 bits per heavy atom. The average Bonchev–Trinajstić information content (AvgIpc) is 1.45. The second kappa shape index (κ2) is 24.6. The summed E-state index contributed by atoms with van der Waals surface area (Å²) in [6, 6.07) is 7.79. The molecule has 25 nitrogen and oxygen atoms in total. The highest BCUT2D eigenvalue weighted by atomic mass is 16.7. The minimum atomic E-state index is -1.73. The lowest BCUT2D eigenvalue weighted by molar-refractivity contribution is -0.199. The van der Waals surface area contributed by atoms with E-state index in [1.54, 1.807) is 13.8 Å². The van der Waals surface area contributed by atoms with Crippen molar-refractivity contribution in [2.24, 2.45) is 17.3 Å². The van der Waals surface area contributed by atoms with Crippen molar-refractivity contribution in [2.45, 2.75) is 265 Å². The summed E-state index contributed by atoms with van der Waals surface area (Å²) >= 11 is 0. The smallest absolute Gasteiger partial charge is 0.467 e. The van der Waals surface area contributed by atoms with Crippen LogP contribution in [0.25, 0.3) is 0 Å². The molecule has 4 fully saturated rings. The van der Waals surface area contributed by atoms with Crippen LogP contribution in [0.2, 0.25) is 0 Å². The van der Waals surface area contributed by atoms with Crippen LogP contribution in [0.1, 0.15) is 191 Å². The summed E-state index contributed by atoms with van der Waals surface area (Å²) < 4.78 is 18.1. The van der Waals surface area contributed by atoms with Gasteiger partial charge in [-0.05, 0) is 200 Å². The van der Waals surface area contributed by atoms with E-state index in [4.69, 9.17) is 14.0 Å². The number of carbonyl (C=O) groups excluding carboxylic acids is 11. The Hall–Kier alpha value is -6.67. The first-order valence-electron chi connectivity index (χ1n) is 29.9. The molecule has 88 heavy (non-hydrogen) atoms. The number of hydrogen-bond acceptors (Lipinski definition) is 15. The van der Waals surface area contributed by atoms with Gasteiger partial charge in [-0.3, -0.25) is 53.3 Å². The van der Waals surface area contributed by atoms with E-state index >= 15 is 0 Å². The van der Waals surface area contributed by atoms with Crippen LogP contribution in [0.15, 0.2) is 24.3 Å². The first-order valence-corrected chi connectivity index (χ1v) is 29.9. The van der Waals surface area contributed by atoms with Crippen LogP contribution in [0, 0.1) is 17.3 Å². The number of esters is 1. The van der Waals surface area contributed by atoms with Gasteiger partial charge < -0.3 is 67.2 Å². The van der Waals surface area contributed by atoms with Crippen molar-refractivity contribution in [3.63, 3.8) is 0 Å². The van der Waals surface area contributed by atoms with Gasteiger partial charge in [-0.1, -0.05) is 38.1 Å². The van der Waals surface area contributed by atoms with Crippen LogP contribution in [-0.4, -0.2) is 152 Å². The van der Waals surface area contributed by atoms with Gasteiger partial charge in [0.2, 0.25) is 59.1 Å². The van der Waals surface area contributed by atoms with Crippen LogP contribution in [-0.2, 0) is 73.3 Å². The molecule has 5 atom stereocenters. The average molecular weight is 1240 g/mol. The predicted octanol–water partition coefficient (Wildman–Crippen LogP) is 1.61. The van der Waals surface area contributed by atoms with E-state index < -0.39 is 139 Å². The van der Waals surface area contributed by atoms with Crippen LogP contribution in [0.3, 0.4) is 0 Å². The molecule has 0 radical (unpaired) electrons. The summed E-state index contributed by atoms with van der Waals surface area (Å²) in [4.78, 5) is 150. The fraction of sp³-hybridized carbons (Fsp3) is 0.726. The van der Waals surface area contributed by atoms with Crippen LogP contribution in [0.4, 0.5) is 0 Å². The van der Waals surface area contributed by atoms with Crippen molar-refractivity contribution >= 4 is 77.6 Å². The molecule has 1 aliphatic heterocycles. The Bertz CT molecular complexity index is 2960. The van der Waals surface area contributed by atoms with Crippen molar-refractivity contribution in [1.82, 2.24) is 58.5 Å². The zero-order valence-corrected chi connectivity index (χ0v) is 57.0. The summed E-state index contributed by atoms with van der Waals surface area (Å²) in [6.45, 7) is 38.5. The van der Waals surface area contributed by atoms with Crippen molar-refractivity contribution in [3.8, 4) is 0 Å². The van der Waals surface area contributed by atoms with Gasteiger partial charge >= 0.3 is 13.1 Å². The molecule has 1 aromatic carbocycles. The first kappa shape index (κ1) is 73.8. The maximum absolute atomic E-state index is 13.9. The number of hydrogen-bond donors (Lipinski definition) is 11. The minimum Gasteiger partial charge on any atom is -0.467 e. The van der Waals surface area contributed by atoms with Gasteiger partial charge in [0, 0.05) is 6.54 Å². The second-order valence-corrected chi connectivity index (χ2v) is 30.8. The van der Waals surface area contributed by atoms with Crippen LogP contribution >= 0.6 is 0 Å². The van der Waals surface area contributed by atoms with E-state index in [0.29, 0.717) is 11.8 Å².